The van der Waals surface area contributed by atoms with Gasteiger partial charge in [-0.1, -0.05) is 301 Å². The highest BCUT2D eigenvalue weighted by molar-refractivity contribution is 6.24. The molecule has 6 heterocycles. The minimum Gasteiger partial charge on any atom is -0.309 e. The van der Waals surface area contributed by atoms with Crippen LogP contribution >= 0.6 is 0 Å². The van der Waals surface area contributed by atoms with Crippen LogP contribution in [0.1, 0.15) is 180 Å². The first-order valence-corrected chi connectivity index (χ1v) is 51.4. The molecule has 150 heavy (non-hydrogen) atoms. The van der Waals surface area contributed by atoms with E-state index >= 15 is 0 Å². The molecular formula is C138H114N12. The van der Waals surface area contributed by atoms with Crippen LogP contribution in [0.5, 0.6) is 0 Å². The number of aromatic nitrogens is 6. The summed E-state index contributed by atoms with van der Waals surface area (Å²) in [6.07, 6.45) is 0. The van der Waals surface area contributed by atoms with Gasteiger partial charge in [-0.2, -0.15) is 21.0 Å². The number of nitrogens with zero attached hydrogens (tertiary/aromatic N) is 12. The molecule has 0 unspecified atom stereocenters. The second kappa shape index (κ2) is 36.4. The molecular weight excluding hydrogens is 1830 g/mol. The van der Waals surface area contributed by atoms with Crippen molar-refractivity contribution in [3.05, 3.63) is 442 Å². The fourth-order valence-corrected chi connectivity index (χ4v) is 22.5. The van der Waals surface area contributed by atoms with Crippen LogP contribution in [0.4, 0.5) is 11.4 Å². The smallest absolute Gasteiger partial charge is 0.205 e. The van der Waals surface area contributed by atoms with Crippen LogP contribution in [0.25, 0.3) is 208 Å². The van der Waals surface area contributed by atoms with Crippen molar-refractivity contribution in [3.63, 3.8) is 0 Å². The zero-order valence-electron chi connectivity index (χ0n) is 88.0. The Morgan fingerprint density at radius 2 is 0.507 bits per heavy atom. The van der Waals surface area contributed by atoms with Gasteiger partial charge in [0.1, 0.15) is 0 Å². The van der Waals surface area contributed by atoms with Crippen molar-refractivity contribution in [1.82, 2.24) is 27.4 Å². The quantitative estimate of drug-likeness (QED) is 0.133. The average Bonchev–Trinajstić information content (AvgIpc) is 1.56. The van der Waals surface area contributed by atoms with Gasteiger partial charge in [0.05, 0.1) is 137 Å². The van der Waals surface area contributed by atoms with Crippen LogP contribution in [0.15, 0.2) is 364 Å². The summed E-state index contributed by atoms with van der Waals surface area (Å²) in [7, 11) is 0. The molecule has 12 nitrogen and oxygen atoms in total. The molecule has 0 spiro atoms. The molecule has 0 saturated carbocycles. The summed E-state index contributed by atoms with van der Waals surface area (Å²) in [5.41, 5.74) is 34.6. The van der Waals surface area contributed by atoms with Crippen LogP contribution < -0.4 is 0 Å². The van der Waals surface area contributed by atoms with Crippen LogP contribution in [-0.2, 0) is 32.5 Å². The Balaban J connectivity index is 0.000000127. The summed E-state index contributed by atoms with van der Waals surface area (Å²) in [4.78, 5) is 7.47. The summed E-state index contributed by atoms with van der Waals surface area (Å²) in [6, 6.07) is 138. The zero-order valence-corrected chi connectivity index (χ0v) is 88.0. The lowest BCUT2D eigenvalue weighted by molar-refractivity contribution is 0.590. The Morgan fingerprint density at radius 3 is 0.800 bits per heavy atom. The van der Waals surface area contributed by atoms with Crippen molar-refractivity contribution >= 4 is 142 Å². The summed E-state index contributed by atoms with van der Waals surface area (Å²) in [5, 5.41) is 55.5. The number of fused-ring (bicyclic) bond motifs is 18. The molecule has 6 aromatic heterocycles. The lowest BCUT2D eigenvalue weighted by Crippen LogP contribution is -2.10. The monoisotopic (exact) mass is 1940 g/mol. The SMILES string of the molecule is CC(C)(C)c1ccc2c(c1)c1cc(C(C)(C)C)ccc1n2-c1ccc2c(c1-c1cc(C#N)ccc1C#N)c1ccccc1n2-c1ccccc1.[C-]#[N+]c1ccc(-c2c(-n3c4ccc(C(C)(C)C)cc4c4cc(C(C)(C)C)ccc43)ccc3c2c2ccccc2n3-c2ccccc2)c(C#N)c1.[C-]#[N+]c1cccc(-c2c(-n3c4ccc(C(C)(C)C)cc4c4cc(C(C)(C)C)ccc43)ccc3c2c2ccccc2n3-c2ccccc2)c1C#N. The van der Waals surface area contributed by atoms with E-state index in [1.54, 1.807) is 24.3 Å². The minimum atomic E-state index is -0.0208. The van der Waals surface area contributed by atoms with Gasteiger partial charge in [-0.15, -0.1) is 0 Å². The van der Waals surface area contributed by atoms with Gasteiger partial charge in [-0.25, -0.2) is 9.69 Å². The second-order valence-corrected chi connectivity index (χ2v) is 45.9. The Bertz CT molecular complexity index is 9480. The Hall–Kier alpha value is -18.3. The Kier molecular flexibility index (Phi) is 23.4. The van der Waals surface area contributed by atoms with Gasteiger partial charge in [0.15, 0.2) is 5.69 Å². The van der Waals surface area contributed by atoms with Crippen LogP contribution in [0, 0.1) is 58.5 Å². The fourth-order valence-electron chi connectivity index (χ4n) is 22.5. The number of hydrogen-bond donors (Lipinski definition) is 0. The third-order valence-corrected chi connectivity index (χ3v) is 30.3. The van der Waals surface area contributed by atoms with E-state index in [1.807, 2.05) is 48.5 Å². The van der Waals surface area contributed by atoms with Crippen LogP contribution in [0.3, 0.4) is 0 Å². The predicted octanol–water partition coefficient (Wildman–Crippen LogP) is 37.0. The van der Waals surface area contributed by atoms with Gasteiger partial charge in [0.25, 0.3) is 0 Å². The summed E-state index contributed by atoms with van der Waals surface area (Å²) < 4.78 is 14.0. The minimum absolute atomic E-state index is 0.0140. The van der Waals surface area contributed by atoms with Gasteiger partial charge in [-0.05, 0) is 265 Å². The summed E-state index contributed by atoms with van der Waals surface area (Å²) in [5.74, 6) is 0. The van der Waals surface area contributed by atoms with Gasteiger partial charge in [-0.3, -0.25) is 0 Å². The molecule has 0 radical (unpaired) electrons. The van der Waals surface area contributed by atoms with E-state index in [2.05, 4.69) is 477 Å². The van der Waals surface area contributed by atoms with Crippen molar-refractivity contribution in [2.24, 2.45) is 0 Å². The standard InChI is InChI=1S/3C46H38N4/c1-45(2,3)29-20-22-39-34(26-29)35-27-30(46(4,5)6)21-23-40(35)50(39)42-25-24-41-44(43(42)32-17-13-18-37(48-7)36(32)28-47)33-16-11-12-19-38(33)49(41)31-14-9-8-10-15-31;1-45(2,3)30-17-21-39-36(26-30)37-27-31(46(4,5)6)18-22-40(37)50(39)42-24-23-41-44(43(42)34-20-19-32(48-7)25-29(34)28-47)35-15-11-12-16-38(35)49(41)33-13-9-8-10-14-33;1-45(2,3)31-18-20-39-36(25-31)37-26-32(46(4,5)6)19-21-40(37)50(39)42-23-22-41-43(44(42)35-24-29(27-47)16-17-30(35)28-48)34-14-10-11-15-38(34)49(41)33-12-8-7-9-13-33/h2*8-27H,1-6H3;7-26H,1-6H3. The predicted molar refractivity (Wildman–Crippen MR) is 625 cm³/mol. The van der Waals surface area contributed by atoms with Crippen molar-refractivity contribution in [2.75, 3.05) is 0 Å². The lowest BCUT2D eigenvalue weighted by atomic mass is 9.85. The highest BCUT2D eigenvalue weighted by Gasteiger charge is 2.34. The van der Waals surface area contributed by atoms with Crippen molar-refractivity contribution < 1.29 is 0 Å². The second-order valence-electron chi connectivity index (χ2n) is 45.9. The highest BCUT2D eigenvalue weighted by atomic mass is 15.0. The molecule has 0 bridgehead atoms. The van der Waals surface area contributed by atoms with E-state index in [1.165, 1.54) is 65.7 Å². The molecule has 0 atom stereocenters. The van der Waals surface area contributed by atoms with E-state index in [9.17, 15) is 21.0 Å². The first-order valence-electron chi connectivity index (χ1n) is 51.4. The highest BCUT2D eigenvalue weighted by Crippen LogP contribution is 2.53. The first-order chi connectivity index (χ1) is 72.0. The molecule has 0 aliphatic carbocycles. The number of rotatable bonds is 9. The summed E-state index contributed by atoms with van der Waals surface area (Å²) in [6.45, 7) is 56.4. The fraction of sp³-hybridized carbons (Fsp3) is 0.174. The number of hydrogen-bond acceptors (Lipinski definition) is 4. The van der Waals surface area contributed by atoms with Gasteiger partial charge in [0, 0.05) is 110 Å². The maximum absolute atomic E-state index is 10.6. The van der Waals surface area contributed by atoms with Gasteiger partial charge >= 0.3 is 0 Å². The molecule has 0 saturated heterocycles. The van der Waals surface area contributed by atoms with Crippen molar-refractivity contribution in [3.8, 4) is 91.8 Å². The molecule has 0 aliphatic heterocycles. The van der Waals surface area contributed by atoms with E-state index < -0.39 is 0 Å². The van der Waals surface area contributed by atoms with E-state index in [-0.39, 0.29) is 32.5 Å². The van der Waals surface area contributed by atoms with Crippen molar-refractivity contribution in [2.45, 2.75) is 157 Å². The Morgan fingerprint density at radius 1 is 0.213 bits per heavy atom. The lowest BCUT2D eigenvalue weighted by Gasteiger charge is -2.20. The first kappa shape index (κ1) is 96.5. The zero-order chi connectivity index (χ0) is 105. The molecule has 0 aliphatic rings. The topological polar surface area (TPSA) is 133 Å². The van der Waals surface area contributed by atoms with Crippen LogP contribution in [-0.4, -0.2) is 27.4 Å². The molecule has 0 N–H and O–H groups in total. The molecule has 18 aromatic carbocycles. The maximum atomic E-state index is 10.6. The number of benzene rings is 18. The third-order valence-electron chi connectivity index (χ3n) is 30.3. The molecule has 0 fully saturated rings. The third kappa shape index (κ3) is 16.2. The van der Waals surface area contributed by atoms with Gasteiger partial charge in [0.2, 0.25) is 5.69 Å². The molecule has 726 valence electrons. The number of para-hydroxylation sites is 6. The molecule has 0 amide bonds. The van der Waals surface area contributed by atoms with Crippen LogP contribution in [0.2, 0.25) is 0 Å². The summed E-state index contributed by atoms with van der Waals surface area (Å²) >= 11 is 0. The molecule has 24 rings (SSSR count). The Labute approximate surface area is 875 Å². The molecule has 24 aromatic rings. The van der Waals surface area contributed by atoms with Crippen molar-refractivity contribution in [1.29, 1.82) is 21.0 Å². The van der Waals surface area contributed by atoms with E-state index in [0.29, 0.717) is 33.6 Å². The van der Waals surface area contributed by atoms with E-state index in [0.717, 1.165) is 166 Å². The van der Waals surface area contributed by atoms with E-state index in [4.69, 9.17) is 13.1 Å². The average molecular weight is 1940 g/mol. The maximum Gasteiger partial charge on any atom is 0.205 e. The largest absolute Gasteiger partial charge is 0.309 e. The van der Waals surface area contributed by atoms with Gasteiger partial charge < -0.3 is 27.4 Å². The number of nitriles is 4. The molecule has 12 heteroatoms. The normalized spacial score (nSPS) is 12.2.